The van der Waals surface area contributed by atoms with Gasteiger partial charge in [0, 0.05) is 13.5 Å². The van der Waals surface area contributed by atoms with Crippen molar-refractivity contribution in [3.63, 3.8) is 0 Å². The normalized spacial score (nSPS) is 11.3. The smallest absolute Gasteiger partial charge is 0.119 e. The highest BCUT2D eigenvalue weighted by atomic mass is 16.5. The molecule has 3 nitrogen and oxygen atoms in total. The molecule has 2 rings (SSSR count). The Bertz CT molecular complexity index is 532. The highest BCUT2D eigenvalue weighted by Crippen LogP contribution is 2.14. The van der Waals surface area contributed by atoms with E-state index < -0.39 is 0 Å². The molecule has 2 aromatic carbocycles. The molecule has 0 fully saturated rings. The van der Waals surface area contributed by atoms with Crippen LogP contribution < -0.4 is 10.5 Å². The average Bonchev–Trinajstić information content (AvgIpc) is 2.47. The van der Waals surface area contributed by atoms with Crippen molar-refractivity contribution in [3.05, 3.63) is 65.7 Å². The zero-order chi connectivity index (χ0) is 13.5. The minimum atomic E-state index is 0.582. The number of ether oxygens (including phenoxy) is 1. The molecule has 0 bridgehead atoms. The van der Waals surface area contributed by atoms with E-state index in [2.05, 4.69) is 4.99 Å². The topological polar surface area (TPSA) is 47.6 Å². The maximum absolute atomic E-state index is 5.72. The van der Waals surface area contributed by atoms with Gasteiger partial charge in [0.2, 0.25) is 0 Å². The van der Waals surface area contributed by atoms with Gasteiger partial charge in [-0.3, -0.25) is 4.99 Å². The molecule has 0 aliphatic carbocycles. The minimum absolute atomic E-state index is 0.582. The predicted octanol–water partition coefficient (Wildman–Crippen LogP) is 2.80. The highest BCUT2D eigenvalue weighted by molar-refractivity contribution is 5.82. The Labute approximate surface area is 113 Å². The van der Waals surface area contributed by atoms with E-state index in [0.29, 0.717) is 18.9 Å². The SMILES string of the molecule is C/N=C(\N)Cc1ccc(OCc2ccccc2)cc1. The molecule has 2 N–H and O–H groups in total. The molecule has 0 saturated carbocycles. The fourth-order valence-electron chi connectivity index (χ4n) is 1.73. The molecule has 0 aliphatic rings. The fraction of sp³-hybridized carbons (Fsp3) is 0.188. The average molecular weight is 254 g/mol. The van der Waals surface area contributed by atoms with E-state index in [4.69, 9.17) is 10.5 Å². The van der Waals surface area contributed by atoms with Crippen molar-refractivity contribution in [2.45, 2.75) is 13.0 Å². The van der Waals surface area contributed by atoms with Gasteiger partial charge in [0.25, 0.3) is 0 Å². The monoisotopic (exact) mass is 254 g/mol. The summed E-state index contributed by atoms with van der Waals surface area (Å²) in [6, 6.07) is 18.1. The van der Waals surface area contributed by atoms with Gasteiger partial charge in [-0.1, -0.05) is 42.5 Å². The van der Waals surface area contributed by atoms with Crippen molar-refractivity contribution in [2.75, 3.05) is 7.05 Å². The minimum Gasteiger partial charge on any atom is -0.489 e. The first-order valence-corrected chi connectivity index (χ1v) is 6.25. The third-order valence-electron chi connectivity index (χ3n) is 2.84. The summed E-state index contributed by atoms with van der Waals surface area (Å²) in [7, 11) is 1.70. The Morgan fingerprint density at radius 3 is 2.32 bits per heavy atom. The van der Waals surface area contributed by atoms with Crippen LogP contribution in [0.5, 0.6) is 5.75 Å². The van der Waals surface area contributed by atoms with Crippen LogP contribution in [-0.2, 0) is 13.0 Å². The summed E-state index contributed by atoms with van der Waals surface area (Å²) in [6.45, 7) is 0.582. The van der Waals surface area contributed by atoms with Gasteiger partial charge in [-0.15, -0.1) is 0 Å². The van der Waals surface area contributed by atoms with E-state index in [1.807, 2.05) is 54.6 Å². The number of hydrogen-bond donors (Lipinski definition) is 1. The summed E-state index contributed by atoms with van der Waals surface area (Å²) in [4.78, 5) is 3.95. The number of amidine groups is 1. The van der Waals surface area contributed by atoms with Crippen LogP contribution in [0.3, 0.4) is 0 Å². The summed E-state index contributed by atoms with van der Waals surface area (Å²) in [6.07, 6.45) is 0.676. The summed E-state index contributed by atoms with van der Waals surface area (Å²) >= 11 is 0. The molecular formula is C16H18N2O. The Hall–Kier alpha value is -2.29. The first-order chi connectivity index (χ1) is 9.28. The number of benzene rings is 2. The molecule has 0 spiro atoms. The predicted molar refractivity (Wildman–Crippen MR) is 78.5 cm³/mol. The van der Waals surface area contributed by atoms with Crippen molar-refractivity contribution in [1.82, 2.24) is 0 Å². The van der Waals surface area contributed by atoms with Crippen LogP contribution in [0.2, 0.25) is 0 Å². The summed E-state index contributed by atoms with van der Waals surface area (Å²) < 4.78 is 5.72. The molecule has 0 radical (unpaired) electrons. The van der Waals surface area contributed by atoms with Crippen molar-refractivity contribution in [3.8, 4) is 5.75 Å². The molecular weight excluding hydrogens is 236 g/mol. The van der Waals surface area contributed by atoms with E-state index in [1.165, 1.54) is 0 Å². The lowest BCUT2D eigenvalue weighted by molar-refractivity contribution is 0.306. The molecule has 2 aromatic rings. The van der Waals surface area contributed by atoms with E-state index >= 15 is 0 Å². The maximum Gasteiger partial charge on any atom is 0.119 e. The molecule has 0 atom stereocenters. The van der Waals surface area contributed by atoms with Gasteiger partial charge in [0.15, 0.2) is 0 Å². The molecule has 0 saturated heterocycles. The Kier molecular flexibility index (Phi) is 4.56. The van der Waals surface area contributed by atoms with Gasteiger partial charge in [0.05, 0.1) is 5.84 Å². The number of rotatable bonds is 5. The summed E-state index contributed by atoms with van der Waals surface area (Å²) in [5.74, 6) is 1.50. The van der Waals surface area contributed by atoms with Crippen molar-refractivity contribution >= 4 is 5.84 Å². The van der Waals surface area contributed by atoms with Gasteiger partial charge in [-0.2, -0.15) is 0 Å². The fourth-order valence-corrected chi connectivity index (χ4v) is 1.73. The number of aliphatic imine (C=N–C) groups is 1. The van der Waals surface area contributed by atoms with Gasteiger partial charge in [0.1, 0.15) is 12.4 Å². The molecule has 0 unspecified atom stereocenters. The second kappa shape index (κ2) is 6.59. The van der Waals surface area contributed by atoms with Crippen molar-refractivity contribution in [2.24, 2.45) is 10.7 Å². The Morgan fingerprint density at radius 1 is 1.00 bits per heavy atom. The van der Waals surface area contributed by atoms with Crippen LogP contribution in [0.4, 0.5) is 0 Å². The van der Waals surface area contributed by atoms with Crippen LogP contribution in [-0.4, -0.2) is 12.9 Å². The maximum atomic E-state index is 5.72. The quantitative estimate of drug-likeness (QED) is 0.659. The zero-order valence-corrected chi connectivity index (χ0v) is 11.0. The Balaban J connectivity index is 1.92. The second-order valence-corrected chi connectivity index (χ2v) is 4.31. The molecule has 0 heterocycles. The van der Waals surface area contributed by atoms with Crippen molar-refractivity contribution < 1.29 is 4.74 Å². The summed E-state index contributed by atoms with van der Waals surface area (Å²) in [5, 5.41) is 0. The largest absolute Gasteiger partial charge is 0.489 e. The molecule has 3 heteroatoms. The van der Waals surface area contributed by atoms with Crippen LogP contribution >= 0.6 is 0 Å². The standard InChI is InChI=1S/C16H18N2O/c1-18-16(17)11-13-7-9-15(10-8-13)19-12-14-5-3-2-4-6-14/h2-10H,11-12H2,1H3,(H2,17,18). The lowest BCUT2D eigenvalue weighted by atomic mass is 10.1. The van der Waals surface area contributed by atoms with Crippen LogP contribution in [0.25, 0.3) is 0 Å². The first-order valence-electron chi connectivity index (χ1n) is 6.25. The number of nitrogens with zero attached hydrogens (tertiary/aromatic N) is 1. The van der Waals surface area contributed by atoms with Crippen LogP contribution in [0.1, 0.15) is 11.1 Å². The highest BCUT2D eigenvalue weighted by Gasteiger charge is 1.98. The zero-order valence-electron chi connectivity index (χ0n) is 11.0. The van der Waals surface area contributed by atoms with Gasteiger partial charge >= 0.3 is 0 Å². The van der Waals surface area contributed by atoms with E-state index in [0.717, 1.165) is 16.9 Å². The number of nitrogens with two attached hydrogens (primary N) is 1. The lowest BCUT2D eigenvalue weighted by Crippen LogP contribution is -2.14. The third kappa shape index (κ3) is 4.14. The molecule has 0 aromatic heterocycles. The van der Waals surface area contributed by atoms with Gasteiger partial charge in [-0.05, 0) is 23.3 Å². The van der Waals surface area contributed by atoms with Gasteiger partial charge < -0.3 is 10.5 Å². The second-order valence-electron chi connectivity index (χ2n) is 4.31. The van der Waals surface area contributed by atoms with Crippen LogP contribution in [0, 0.1) is 0 Å². The van der Waals surface area contributed by atoms with E-state index in [9.17, 15) is 0 Å². The number of hydrogen-bond acceptors (Lipinski definition) is 2. The van der Waals surface area contributed by atoms with E-state index in [1.54, 1.807) is 7.05 Å². The molecule has 0 aliphatic heterocycles. The molecule has 0 amide bonds. The van der Waals surface area contributed by atoms with Gasteiger partial charge in [-0.25, -0.2) is 0 Å². The Morgan fingerprint density at radius 2 is 1.68 bits per heavy atom. The third-order valence-corrected chi connectivity index (χ3v) is 2.84. The van der Waals surface area contributed by atoms with E-state index in [-0.39, 0.29) is 0 Å². The first kappa shape index (κ1) is 13.1. The lowest BCUT2D eigenvalue weighted by Gasteiger charge is -2.07. The summed E-state index contributed by atoms with van der Waals surface area (Å²) in [5.41, 5.74) is 7.99. The van der Waals surface area contributed by atoms with Crippen molar-refractivity contribution in [1.29, 1.82) is 0 Å². The molecule has 98 valence electrons. The van der Waals surface area contributed by atoms with Crippen LogP contribution in [0.15, 0.2) is 59.6 Å². The molecule has 19 heavy (non-hydrogen) atoms.